The molecule has 5 N–H and O–H groups in total. The van der Waals surface area contributed by atoms with Gasteiger partial charge in [0.15, 0.2) is 5.76 Å². The molecule has 8 heteroatoms. The molecule has 5 aromatic rings. The molecule has 31 heavy (non-hydrogen) atoms. The van der Waals surface area contributed by atoms with E-state index in [2.05, 4.69) is 31.3 Å². The lowest BCUT2D eigenvalue weighted by molar-refractivity contribution is 0.589. The van der Waals surface area contributed by atoms with Crippen LogP contribution in [0.5, 0.6) is 0 Å². The van der Waals surface area contributed by atoms with Crippen LogP contribution in [0.1, 0.15) is 43.5 Å². The average molecular weight is 413 g/mol. The summed E-state index contributed by atoms with van der Waals surface area (Å²) in [4.78, 5) is 20.7. The van der Waals surface area contributed by atoms with Crippen LogP contribution in [0.3, 0.4) is 0 Å². The zero-order valence-corrected chi connectivity index (χ0v) is 17.1. The van der Waals surface area contributed by atoms with Crippen LogP contribution < -0.4 is 11.1 Å². The van der Waals surface area contributed by atoms with Gasteiger partial charge in [0, 0.05) is 5.56 Å². The Labute approximate surface area is 178 Å². The Hall–Kier alpha value is -3.49. The topological polar surface area (TPSA) is 121 Å². The summed E-state index contributed by atoms with van der Waals surface area (Å²) in [5.41, 5.74) is 11.4. The first-order valence-electron chi connectivity index (χ1n) is 10.6. The maximum Gasteiger partial charge on any atom is 0.228 e. The number of nitrogens with two attached hydrogens (primary N) is 1. The summed E-state index contributed by atoms with van der Waals surface area (Å²) in [5, 5.41) is 3.49. The third kappa shape index (κ3) is 3.11. The van der Waals surface area contributed by atoms with Crippen molar-refractivity contribution in [3.63, 3.8) is 0 Å². The molecule has 0 radical (unpaired) electrons. The summed E-state index contributed by atoms with van der Waals surface area (Å²) >= 11 is 0. The van der Waals surface area contributed by atoms with Gasteiger partial charge >= 0.3 is 0 Å². The van der Waals surface area contributed by atoms with Crippen LogP contribution in [0.15, 0.2) is 47.0 Å². The van der Waals surface area contributed by atoms with Crippen molar-refractivity contribution in [1.82, 2.24) is 30.2 Å². The van der Waals surface area contributed by atoms with Crippen LogP contribution in [0.2, 0.25) is 0 Å². The van der Waals surface area contributed by atoms with Crippen LogP contribution in [-0.4, -0.2) is 31.5 Å². The van der Waals surface area contributed by atoms with E-state index < -0.39 is 0 Å². The summed E-state index contributed by atoms with van der Waals surface area (Å²) in [7, 11) is 0. The fourth-order valence-electron chi connectivity index (χ4n) is 4.24. The molecule has 6 rings (SSSR count). The number of oxazole rings is 1. The van der Waals surface area contributed by atoms with Crippen molar-refractivity contribution < 1.29 is 4.42 Å². The monoisotopic (exact) mass is 413 g/mol. The van der Waals surface area contributed by atoms with Gasteiger partial charge in [-0.05, 0) is 56.6 Å². The number of hydrogen-bond donors (Lipinski definition) is 4. The van der Waals surface area contributed by atoms with Gasteiger partial charge in [0.2, 0.25) is 5.89 Å². The molecule has 0 aliphatic carbocycles. The molecule has 2 atom stereocenters. The molecular weight excluding hydrogens is 390 g/mol. The molecule has 156 valence electrons. The Balaban J connectivity index is 1.37. The standard InChI is InChI=1S/C23H23N7O/c1-12(24)21-28-16-5-2-4-14(20(16)30-21)23-26-11-19(31-23)13-7-8-15-18(10-13)29-22(27-15)17-6-3-9-25-17/h2,4-5,7-8,10-12,17,25H,3,6,9,24H2,1H3,(H,27,29)(H,28,30)/t12-,17-/m0/s1. The van der Waals surface area contributed by atoms with Gasteiger partial charge < -0.3 is 25.4 Å². The maximum absolute atomic E-state index is 6.15. The highest BCUT2D eigenvalue weighted by atomic mass is 16.4. The highest BCUT2D eigenvalue weighted by Crippen LogP contribution is 2.32. The minimum Gasteiger partial charge on any atom is -0.436 e. The number of para-hydroxylation sites is 1. The highest BCUT2D eigenvalue weighted by Gasteiger charge is 2.20. The van der Waals surface area contributed by atoms with Crippen molar-refractivity contribution in [2.45, 2.75) is 31.8 Å². The van der Waals surface area contributed by atoms with E-state index in [1.54, 1.807) is 6.20 Å². The van der Waals surface area contributed by atoms with Gasteiger partial charge in [-0.25, -0.2) is 15.0 Å². The van der Waals surface area contributed by atoms with E-state index in [1.165, 1.54) is 6.42 Å². The predicted molar refractivity (Wildman–Crippen MR) is 119 cm³/mol. The number of H-pyrrole nitrogens is 2. The first-order valence-corrected chi connectivity index (χ1v) is 10.6. The van der Waals surface area contributed by atoms with Gasteiger partial charge in [-0.15, -0.1) is 0 Å². The average Bonchev–Trinajstić information content (AvgIpc) is 3.57. The number of rotatable bonds is 4. The predicted octanol–water partition coefficient (Wildman–Crippen LogP) is 4.21. The fraction of sp³-hybridized carbons (Fsp3) is 0.261. The van der Waals surface area contributed by atoms with Crippen molar-refractivity contribution in [3.8, 4) is 22.8 Å². The van der Waals surface area contributed by atoms with E-state index in [1.807, 2.05) is 37.3 Å². The number of benzene rings is 2. The van der Waals surface area contributed by atoms with E-state index in [0.29, 0.717) is 17.7 Å². The zero-order valence-electron chi connectivity index (χ0n) is 17.1. The maximum atomic E-state index is 6.15. The highest BCUT2D eigenvalue weighted by molar-refractivity contribution is 5.90. The molecule has 0 saturated carbocycles. The van der Waals surface area contributed by atoms with Crippen LogP contribution in [-0.2, 0) is 0 Å². The lowest BCUT2D eigenvalue weighted by Gasteiger charge is -2.04. The van der Waals surface area contributed by atoms with Gasteiger partial charge in [0.25, 0.3) is 0 Å². The van der Waals surface area contributed by atoms with E-state index in [4.69, 9.17) is 15.1 Å². The number of hydrogen-bond acceptors (Lipinski definition) is 6. The molecule has 1 aliphatic rings. The van der Waals surface area contributed by atoms with Crippen LogP contribution in [0.25, 0.3) is 44.8 Å². The van der Waals surface area contributed by atoms with Gasteiger partial charge in [-0.2, -0.15) is 0 Å². The Morgan fingerprint density at radius 1 is 1.13 bits per heavy atom. The number of aromatic amines is 2. The molecule has 1 aliphatic heterocycles. The molecule has 0 spiro atoms. The molecular formula is C23H23N7O. The number of fused-ring (bicyclic) bond motifs is 2. The minimum absolute atomic E-state index is 0.175. The largest absolute Gasteiger partial charge is 0.436 e. The Morgan fingerprint density at radius 3 is 2.90 bits per heavy atom. The molecule has 4 heterocycles. The fourth-order valence-corrected chi connectivity index (χ4v) is 4.24. The smallest absolute Gasteiger partial charge is 0.228 e. The summed E-state index contributed by atoms with van der Waals surface area (Å²) in [5.74, 6) is 2.97. The Bertz CT molecular complexity index is 1390. The second-order valence-electron chi connectivity index (χ2n) is 8.15. The van der Waals surface area contributed by atoms with Gasteiger partial charge in [-0.3, -0.25) is 0 Å². The molecule has 2 aromatic carbocycles. The van der Waals surface area contributed by atoms with E-state index >= 15 is 0 Å². The molecule has 1 saturated heterocycles. The second kappa shape index (κ2) is 7.04. The Kier molecular flexibility index (Phi) is 4.15. The van der Waals surface area contributed by atoms with E-state index in [0.717, 1.165) is 57.8 Å². The van der Waals surface area contributed by atoms with E-state index in [9.17, 15) is 0 Å². The molecule has 0 amide bonds. The first kappa shape index (κ1) is 18.3. The van der Waals surface area contributed by atoms with E-state index in [-0.39, 0.29) is 6.04 Å². The van der Waals surface area contributed by atoms with Crippen LogP contribution >= 0.6 is 0 Å². The number of nitrogens with zero attached hydrogens (tertiary/aromatic N) is 3. The van der Waals surface area contributed by atoms with Crippen LogP contribution in [0.4, 0.5) is 0 Å². The molecule has 3 aromatic heterocycles. The summed E-state index contributed by atoms with van der Waals surface area (Å²) in [6.45, 7) is 2.95. The van der Waals surface area contributed by atoms with Crippen molar-refractivity contribution in [2.75, 3.05) is 6.54 Å². The molecule has 0 unspecified atom stereocenters. The van der Waals surface area contributed by atoms with Crippen molar-refractivity contribution in [2.24, 2.45) is 5.73 Å². The third-order valence-electron chi connectivity index (χ3n) is 5.87. The summed E-state index contributed by atoms with van der Waals surface area (Å²) in [6, 6.07) is 12.1. The zero-order chi connectivity index (χ0) is 20.9. The SMILES string of the molecule is C[C@H](N)c1nc2c(-c3ncc(-c4ccc5nc([C@@H]6CCCN6)[nH]c5c4)o3)cccc2[nH]1. The number of aromatic nitrogens is 5. The van der Waals surface area contributed by atoms with Gasteiger partial charge in [0.1, 0.15) is 17.2 Å². The lowest BCUT2D eigenvalue weighted by atomic mass is 10.1. The van der Waals surface area contributed by atoms with Crippen LogP contribution in [0, 0.1) is 0 Å². The summed E-state index contributed by atoms with van der Waals surface area (Å²) < 4.78 is 6.15. The van der Waals surface area contributed by atoms with Crippen molar-refractivity contribution >= 4 is 22.1 Å². The molecule has 1 fully saturated rings. The normalized spacial score (nSPS) is 17.7. The molecule has 8 nitrogen and oxygen atoms in total. The van der Waals surface area contributed by atoms with Crippen molar-refractivity contribution in [3.05, 3.63) is 54.2 Å². The van der Waals surface area contributed by atoms with Gasteiger partial charge in [-0.1, -0.05) is 6.07 Å². The van der Waals surface area contributed by atoms with Crippen molar-refractivity contribution in [1.29, 1.82) is 0 Å². The Morgan fingerprint density at radius 2 is 2.06 bits per heavy atom. The summed E-state index contributed by atoms with van der Waals surface area (Å²) in [6.07, 6.45) is 4.05. The number of nitrogens with one attached hydrogen (secondary N) is 3. The minimum atomic E-state index is -0.175. The third-order valence-corrected chi connectivity index (χ3v) is 5.87. The second-order valence-corrected chi connectivity index (χ2v) is 8.15. The first-order chi connectivity index (χ1) is 15.2. The number of imidazole rings is 2. The quantitative estimate of drug-likeness (QED) is 0.350. The lowest BCUT2D eigenvalue weighted by Crippen LogP contribution is -2.13. The van der Waals surface area contributed by atoms with Gasteiger partial charge in [0.05, 0.1) is 40.4 Å². The molecule has 0 bridgehead atoms.